The van der Waals surface area contributed by atoms with Crippen molar-refractivity contribution >= 4 is 5.91 Å². The number of ether oxygens (including phenoxy) is 1. The number of carbonyl (C=O) groups excluding carboxylic acids is 1. The maximum Gasteiger partial charge on any atom is 0.258 e. The summed E-state index contributed by atoms with van der Waals surface area (Å²) in [4.78, 5) is 11.8. The van der Waals surface area contributed by atoms with Gasteiger partial charge in [0.25, 0.3) is 5.91 Å². The van der Waals surface area contributed by atoms with Gasteiger partial charge in [-0.05, 0) is 37.1 Å². The molecule has 0 aromatic heterocycles. The molecule has 1 saturated carbocycles. The van der Waals surface area contributed by atoms with Crippen LogP contribution >= 0.6 is 0 Å². The molecule has 0 saturated heterocycles. The molecule has 0 heterocycles. The monoisotopic (exact) mass is 294 g/mol. The van der Waals surface area contributed by atoms with E-state index in [-0.39, 0.29) is 24.4 Å². The molecule has 1 aromatic rings. The van der Waals surface area contributed by atoms with Crippen LogP contribution in [0.2, 0.25) is 0 Å². The standard InChI is InChI=1S/C16H23FN2O2/c1-2-18-10-12-7-13(17)9-15(8-12)21-11-16(20)19-14-5-3-4-6-14/h7-9,14,18H,2-6,10-11H2,1H3,(H,19,20). The molecule has 116 valence electrons. The minimum atomic E-state index is -0.350. The summed E-state index contributed by atoms with van der Waals surface area (Å²) < 4.78 is 18.9. The van der Waals surface area contributed by atoms with Crippen molar-refractivity contribution in [3.8, 4) is 5.75 Å². The predicted molar refractivity (Wildman–Crippen MR) is 79.7 cm³/mol. The van der Waals surface area contributed by atoms with Crippen LogP contribution in [0, 0.1) is 5.82 Å². The Morgan fingerprint density at radius 3 is 2.81 bits per heavy atom. The van der Waals surface area contributed by atoms with Crippen molar-refractivity contribution in [2.45, 2.75) is 45.2 Å². The second kappa shape index (κ2) is 7.98. The van der Waals surface area contributed by atoms with Gasteiger partial charge in [-0.3, -0.25) is 4.79 Å². The van der Waals surface area contributed by atoms with Crippen molar-refractivity contribution in [3.05, 3.63) is 29.6 Å². The minimum absolute atomic E-state index is 0.0688. The third kappa shape index (κ3) is 5.34. The lowest BCUT2D eigenvalue weighted by atomic mass is 10.2. The van der Waals surface area contributed by atoms with Crippen molar-refractivity contribution < 1.29 is 13.9 Å². The first-order chi connectivity index (χ1) is 10.2. The predicted octanol–water partition coefficient (Wildman–Crippen LogP) is 2.37. The number of halogens is 1. The first-order valence-corrected chi connectivity index (χ1v) is 7.59. The van der Waals surface area contributed by atoms with Crippen LogP contribution in [0.25, 0.3) is 0 Å². The highest BCUT2D eigenvalue weighted by molar-refractivity contribution is 5.77. The van der Waals surface area contributed by atoms with E-state index in [1.165, 1.54) is 25.0 Å². The number of rotatable bonds is 7. The molecule has 0 bridgehead atoms. The molecule has 1 aliphatic carbocycles. The Hall–Kier alpha value is -1.62. The third-order valence-corrected chi connectivity index (χ3v) is 3.60. The quantitative estimate of drug-likeness (QED) is 0.812. The van der Waals surface area contributed by atoms with E-state index >= 15 is 0 Å². The van der Waals surface area contributed by atoms with Crippen LogP contribution in [0.15, 0.2) is 18.2 Å². The maximum absolute atomic E-state index is 13.5. The molecule has 0 aliphatic heterocycles. The van der Waals surface area contributed by atoms with Gasteiger partial charge in [0.05, 0.1) is 0 Å². The zero-order chi connectivity index (χ0) is 15.1. The Labute approximate surface area is 125 Å². The Kier molecular flexibility index (Phi) is 5.99. The first-order valence-electron chi connectivity index (χ1n) is 7.59. The van der Waals surface area contributed by atoms with Gasteiger partial charge in [-0.15, -0.1) is 0 Å². The third-order valence-electron chi connectivity index (χ3n) is 3.60. The van der Waals surface area contributed by atoms with Crippen LogP contribution < -0.4 is 15.4 Å². The molecule has 1 amide bonds. The smallest absolute Gasteiger partial charge is 0.258 e. The van der Waals surface area contributed by atoms with Crippen LogP contribution in [0.4, 0.5) is 4.39 Å². The summed E-state index contributed by atoms with van der Waals surface area (Å²) in [6.45, 7) is 3.32. The molecule has 21 heavy (non-hydrogen) atoms. The summed E-state index contributed by atoms with van der Waals surface area (Å²) in [5.41, 5.74) is 0.808. The van der Waals surface area contributed by atoms with Crippen molar-refractivity contribution in [2.75, 3.05) is 13.2 Å². The minimum Gasteiger partial charge on any atom is -0.484 e. The van der Waals surface area contributed by atoms with Gasteiger partial charge in [-0.2, -0.15) is 0 Å². The average molecular weight is 294 g/mol. The molecule has 0 spiro atoms. The SMILES string of the molecule is CCNCc1cc(F)cc(OCC(=O)NC2CCCC2)c1. The molecule has 0 radical (unpaired) electrons. The molecule has 0 atom stereocenters. The van der Waals surface area contributed by atoms with E-state index < -0.39 is 0 Å². The Bertz CT molecular complexity index is 473. The summed E-state index contributed by atoms with van der Waals surface area (Å²) in [6, 6.07) is 4.80. The molecular weight excluding hydrogens is 271 g/mol. The normalized spacial score (nSPS) is 15.1. The number of benzene rings is 1. The summed E-state index contributed by atoms with van der Waals surface area (Å²) in [7, 11) is 0. The van der Waals surface area contributed by atoms with Gasteiger partial charge < -0.3 is 15.4 Å². The zero-order valence-corrected chi connectivity index (χ0v) is 12.5. The Morgan fingerprint density at radius 2 is 2.10 bits per heavy atom. The second-order valence-electron chi connectivity index (χ2n) is 5.41. The van der Waals surface area contributed by atoms with Gasteiger partial charge in [0.2, 0.25) is 0 Å². The van der Waals surface area contributed by atoms with Gasteiger partial charge in [-0.1, -0.05) is 19.8 Å². The van der Waals surface area contributed by atoms with Gasteiger partial charge in [0, 0.05) is 18.7 Å². The van der Waals surface area contributed by atoms with Gasteiger partial charge in [-0.25, -0.2) is 4.39 Å². The number of nitrogens with one attached hydrogen (secondary N) is 2. The maximum atomic E-state index is 13.5. The second-order valence-corrected chi connectivity index (χ2v) is 5.41. The lowest BCUT2D eigenvalue weighted by Gasteiger charge is -2.13. The van der Waals surface area contributed by atoms with E-state index in [9.17, 15) is 9.18 Å². The first kappa shape index (κ1) is 15.8. The van der Waals surface area contributed by atoms with Crippen LogP contribution in [0.5, 0.6) is 5.75 Å². The number of carbonyl (C=O) groups is 1. The highest BCUT2D eigenvalue weighted by Crippen LogP contribution is 2.18. The molecule has 5 heteroatoms. The van der Waals surface area contributed by atoms with Crippen molar-refractivity contribution in [2.24, 2.45) is 0 Å². The lowest BCUT2D eigenvalue weighted by molar-refractivity contribution is -0.123. The molecule has 2 rings (SSSR count). The fourth-order valence-electron chi connectivity index (χ4n) is 2.56. The van der Waals surface area contributed by atoms with Crippen molar-refractivity contribution in [1.82, 2.24) is 10.6 Å². The molecule has 0 unspecified atom stereocenters. The van der Waals surface area contributed by atoms with Crippen molar-refractivity contribution in [1.29, 1.82) is 0 Å². The molecule has 2 N–H and O–H groups in total. The number of hydrogen-bond acceptors (Lipinski definition) is 3. The van der Waals surface area contributed by atoms with Crippen LogP contribution in [0.1, 0.15) is 38.2 Å². The number of hydrogen-bond donors (Lipinski definition) is 2. The van der Waals surface area contributed by atoms with E-state index in [1.807, 2.05) is 6.92 Å². The lowest BCUT2D eigenvalue weighted by Crippen LogP contribution is -2.36. The molecular formula is C16H23FN2O2. The van der Waals surface area contributed by atoms with E-state index in [0.717, 1.165) is 24.9 Å². The van der Waals surface area contributed by atoms with Crippen LogP contribution in [-0.4, -0.2) is 25.1 Å². The average Bonchev–Trinajstić information content (AvgIpc) is 2.95. The van der Waals surface area contributed by atoms with E-state index in [1.54, 1.807) is 6.07 Å². The Balaban J connectivity index is 1.83. The van der Waals surface area contributed by atoms with Crippen molar-refractivity contribution in [3.63, 3.8) is 0 Å². The zero-order valence-electron chi connectivity index (χ0n) is 12.5. The summed E-state index contributed by atoms with van der Waals surface area (Å²) in [5.74, 6) is -0.0968. The highest BCUT2D eigenvalue weighted by atomic mass is 19.1. The molecule has 4 nitrogen and oxygen atoms in total. The Morgan fingerprint density at radius 1 is 1.33 bits per heavy atom. The fraction of sp³-hybridized carbons (Fsp3) is 0.562. The van der Waals surface area contributed by atoms with Gasteiger partial charge >= 0.3 is 0 Å². The number of amides is 1. The largest absolute Gasteiger partial charge is 0.484 e. The van der Waals surface area contributed by atoms with E-state index in [2.05, 4.69) is 10.6 Å². The van der Waals surface area contributed by atoms with E-state index in [4.69, 9.17) is 4.74 Å². The summed E-state index contributed by atoms with van der Waals surface area (Å²) >= 11 is 0. The molecule has 1 fully saturated rings. The summed E-state index contributed by atoms with van der Waals surface area (Å²) in [5, 5.41) is 6.07. The van der Waals surface area contributed by atoms with Crippen LogP contribution in [0.3, 0.4) is 0 Å². The molecule has 1 aromatic carbocycles. The van der Waals surface area contributed by atoms with Gasteiger partial charge in [0.1, 0.15) is 11.6 Å². The fourth-order valence-corrected chi connectivity index (χ4v) is 2.56. The van der Waals surface area contributed by atoms with Gasteiger partial charge in [0.15, 0.2) is 6.61 Å². The highest BCUT2D eigenvalue weighted by Gasteiger charge is 2.17. The summed E-state index contributed by atoms with van der Waals surface area (Å²) in [6.07, 6.45) is 4.42. The van der Waals surface area contributed by atoms with Crippen LogP contribution in [-0.2, 0) is 11.3 Å². The van der Waals surface area contributed by atoms with E-state index in [0.29, 0.717) is 12.3 Å². The topological polar surface area (TPSA) is 50.4 Å². The molecule has 1 aliphatic rings.